The molecule has 0 aliphatic carbocycles. The van der Waals surface area contributed by atoms with Crippen molar-refractivity contribution in [3.63, 3.8) is 0 Å². The minimum Gasteiger partial charge on any atom is -0.392 e. The zero-order valence-corrected chi connectivity index (χ0v) is 8.09. The molecule has 0 aromatic heterocycles. The maximum absolute atomic E-state index is 11.3. The van der Waals surface area contributed by atoms with Crippen molar-refractivity contribution in [3.8, 4) is 0 Å². The summed E-state index contributed by atoms with van der Waals surface area (Å²) >= 11 is 0. The van der Waals surface area contributed by atoms with Crippen molar-refractivity contribution in [1.82, 2.24) is 4.90 Å². The highest BCUT2D eigenvalue weighted by molar-refractivity contribution is 7.85. The first kappa shape index (κ1) is 8.66. The molecule has 0 amide bonds. The number of hydrogen-bond acceptors (Lipinski definition) is 3. The highest BCUT2D eigenvalue weighted by Gasteiger charge is 2.39. The van der Waals surface area contributed by atoms with Crippen LogP contribution in [0, 0.1) is 11.8 Å². The molecule has 70 valence electrons. The van der Waals surface area contributed by atoms with Crippen molar-refractivity contribution >= 4 is 10.8 Å². The number of aliphatic hydroxyl groups is 1. The molecule has 0 spiro atoms. The molecule has 2 atom stereocenters. The lowest BCUT2D eigenvalue weighted by Gasteiger charge is -2.43. The van der Waals surface area contributed by atoms with Gasteiger partial charge in [-0.1, -0.05) is 0 Å². The Kier molecular flexibility index (Phi) is 2.23. The van der Waals surface area contributed by atoms with Gasteiger partial charge in [0.2, 0.25) is 0 Å². The minimum atomic E-state index is -0.671. The summed E-state index contributed by atoms with van der Waals surface area (Å²) in [7, 11) is 1.40. The lowest BCUT2D eigenvalue weighted by atomic mass is 9.88. The van der Waals surface area contributed by atoms with Crippen LogP contribution in [0.3, 0.4) is 0 Å². The van der Waals surface area contributed by atoms with Crippen LogP contribution >= 0.6 is 0 Å². The van der Waals surface area contributed by atoms with Crippen molar-refractivity contribution in [2.45, 2.75) is 6.10 Å². The third kappa shape index (κ3) is 1.43. The van der Waals surface area contributed by atoms with Crippen LogP contribution in [-0.4, -0.2) is 52.0 Å². The van der Waals surface area contributed by atoms with Crippen LogP contribution < -0.4 is 0 Å². The summed E-state index contributed by atoms with van der Waals surface area (Å²) < 4.78 is 11.3. The first-order valence-corrected chi connectivity index (χ1v) is 5.87. The number of rotatable bonds is 0. The van der Waals surface area contributed by atoms with Crippen LogP contribution in [0.15, 0.2) is 0 Å². The molecule has 2 unspecified atom stereocenters. The van der Waals surface area contributed by atoms with Gasteiger partial charge < -0.3 is 10.0 Å². The fourth-order valence-corrected chi connectivity index (χ4v) is 4.02. The minimum absolute atomic E-state index is 0.195. The third-order valence-corrected chi connectivity index (χ3v) is 4.46. The monoisotopic (exact) mass is 189 g/mol. The first-order chi connectivity index (χ1) is 5.66. The molecule has 2 aliphatic rings. The molecule has 2 aliphatic heterocycles. The topological polar surface area (TPSA) is 40.5 Å². The van der Waals surface area contributed by atoms with E-state index in [1.54, 1.807) is 0 Å². The molecular weight excluding hydrogens is 174 g/mol. The molecule has 2 bridgehead atoms. The molecule has 2 rings (SSSR count). The van der Waals surface area contributed by atoms with Gasteiger partial charge in [0, 0.05) is 47.2 Å². The summed E-state index contributed by atoms with van der Waals surface area (Å²) in [6.45, 7) is 1.81. The Labute approximate surface area is 75.2 Å². The van der Waals surface area contributed by atoms with Crippen LogP contribution in [0.2, 0.25) is 0 Å². The normalized spacial score (nSPS) is 49.2. The van der Waals surface area contributed by atoms with E-state index in [4.69, 9.17) is 0 Å². The molecule has 2 heterocycles. The van der Waals surface area contributed by atoms with Gasteiger partial charge in [-0.3, -0.25) is 4.21 Å². The lowest BCUT2D eigenvalue weighted by Crippen LogP contribution is -2.54. The average Bonchev–Trinajstić information content (AvgIpc) is 1.94. The van der Waals surface area contributed by atoms with Crippen LogP contribution in [0.4, 0.5) is 0 Å². The molecule has 1 N–H and O–H groups in total. The number of hydrogen-bond donors (Lipinski definition) is 1. The maximum atomic E-state index is 11.3. The van der Waals surface area contributed by atoms with Crippen LogP contribution in [0.1, 0.15) is 0 Å². The van der Waals surface area contributed by atoms with Gasteiger partial charge in [0.15, 0.2) is 0 Å². The predicted octanol–water partition coefficient (Wildman–Crippen LogP) is -0.713. The van der Waals surface area contributed by atoms with E-state index in [2.05, 4.69) is 11.9 Å². The summed E-state index contributed by atoms with van der Waals surface area (Å²) in [5.74, 6) is 1.90. The number of fused-ring (bicyclic) bond motifs is 2. The van der Waals surface area contributed by atoms with E-state index in [0.717, 1.165) is 13.1 Å². The first-order valence-electron chi connectivity index (χ1n) is 4.38. The Morgan fingerprint density at radius 3 is 2.33 bits per heavy atom. The Morgan fingerprint density at radius 1 is 1.33 bits per heavy atom. The Bertz CT molecular complexity index is 191. The summed E-state index contributed by atoms with van der Waals surface area (Å²) in [6, 6.07) is 0. The van der Waals surface area contributed by atoms with E-state index < -0.39 is 10.8 Å². The molecule has 3 nitrogen and oxygen atoms in total. The second kappa shape index (κ2) is 3.09. The highest BCUT2D eigenvalue weighted by atomic mass is 32.2. The van der Waals surface area contributed by atoms with Gasteiger partial charge in [0.05, 0.1) is 6.10 Å². The second-order valence-corrected chi connectivity index (χ2v) is 5.55. The van der Waals surface area contributed by atoms with Gasteiger partial charge in [-0.05, 0) is 7.05 Å². The predicted molar refractivity (Wildman–Crippen MR) is 48.4 cm³/mol. The molecule has 0 aromatic rings. The van der Waals surface area contributed by atoms with Gasteiger partial charge >= 0.3 is 0 Å². The summed E-state index contributed by atoms with van der Waals surface area (Å²) in [4.78, 5) is 2.23. The van der Waals surface area contributed by atoms with Crippen LogP contribution in [-0.2, 0) is 10.8 Å². The van der Waals surface area contributed by atoms with E-state index in [-0.39, 0.29) is 17.9 Å². The van der Waals surface area contributed by atoms with Crippen LogP contribution in [0.25, 0.3) is 0 Å². The molecule has 0 radical (unpaired) electrons. The van der Waals surface area contributed by atoms with Gasteiger partial charge in [-0.15, -0.1) is 0 Å². The van der Waals surface area contributed by atoms with Crippen molar-refractivity contribution in [3.05, 3.63) is 0 Å². The SMILES string of the molecule is CN1CC2CS(=O)CC(C1)C2O. The number of piperidine rings is 1. The smallest absolute Gasteiger partial charge is 0.0638 e. The molecule has 4 heteroatoms. The second-order valence-electron chi connectivity index (χ2n) is 4.01. The van der Waals surface area contributed by atoms with Crippen molar-refractivity contribution < 1.29 is 9.32 Å². The summed E-state index contributed by atoms with van der Waals surface area (Å²) in [5, 5.41) is 9.76. The largest absolute Gasteiger partial charge is 0.392 e. The molecule has 0 saturated carbocycles. The fraction of sp³-hybridized carbons (Fsp3) is 1.00. The zero-order chi connectivity index (χ0) is 8.72. The van der Waals surface area contributed by atoms with Gasteiger partial charge in [0.25, 0.3) is 0 Å². The highest BCUT2D eigenvalue weighted by Crippen LogP contribution is 2.27. The third-order valence-electron chi connectivity index (χ3n) is 2.86. The Balaban J connectivity index is 2.13. The maximum Gasteiger partial charge on any atom is 0.0638 e. The number of likely N-dealkylation sites (tertiary alicyclic amines) is 1. The van der Waals surface area contributed by atoms with E-state index >= 15 is 0 Å². The number of nitrogens with zero attached hydrogens (tertiary/aromatic N) is 1. The van der Waals surface area contributed by atoms with E-state index in [9.17, 15) is 9.32 Å². The van der Waals surface area contributed by atoms with Gasteiger partial charge in [-0.2, -0.15) is 0 Å². The zero-order valence-electron chi connectivity index (χ0n) is 7.27. The van der Waals surface area contributed by atoms with Gasteiger partial charge in [-0.25, -0.2) is 0 Å². The number of aliphatic hydroxyl groups excluding tert-OH is 1. The van der Waals surface area contributed by atoms with E-state index in [1.807, 2.05) is 0 Å². The molecule has 12 heavy (non-hydrogen) atoms. The molecule has 0 aromatic carbocycles. The lowest BCUT2D eigenvalue weighted by molar-refractivity contribution is -0.000757. The molecule has 2 saturated heterocycles. The summed E-state index contributed by atoms with van der Waals surface area (Å²) in [6.07, 6.45) is -0.195. The summed E-state index contributed by atoms with van der Waals surface area (Å²) in [5.41, 5.74) is 0. The van der Waals surface area contributed by atoms with Gasteiger partial charge in [0.1, 0.15) is 0 Å². The van der Waals surface area contributed by atoms with Crippen molar-refractivity contribution in [2.75, 3.05) is 31.6 Å². The van der Waals surface area contributed by atoms with Crippen LogP contribution in [0.5, 0.6) is 0 Å². The van der Waals surface area contributed by atoms with Crippen molar-refractivity contribution in [2.24, 2.45) is 11.8 Å². The Hall–Kier alpha value is 0.0700. The van der Waals surface area contributed by atoms with E-state index in [0.29, 0.717) is 11.5 Å². The van der Waals surface area contributed by atoms with Crippen molar-refractivity contribution in [1.29, 1.82) is 0 Å². The Morgan fingerprint density at radius 2 is 1.83 bits per heavy atom. The molecule has 2 fully saturated rings. The van der Waals surface area contributed by atoms with E-state index in [1.165, 1.54) is 0 Å². The average molecular weight is 189 g/mol. The fourth-order valence-electron chi connectivity index (χ4n) is 2.32. The molecular formula is C8H15NO2S. The standard InChI is InChI=1S/C8H15NO2S/c1-9-2-6-4-12(11)5-7(3-9)8(6)10/h6-8,10H,2-5H2,1H3. The quantitative estimate of drug-likeness (QED) is 0.547.